The molecule has 0 spiro atoms. The predicted molar refractivity (Wildman–Crippen MR) is 124 cm³/mol. The van der Waals surface area contributed by atoms with Gasteiger partial charge in [0.05, 0.1) is 0 Å². The molecule has 3 aliphatic carbocycles. The van der Waals surface area contributed by atoms with Crippen LogP contribution in [0, 0.1) is 12.8 Å². The van der Waals surface area contributed by atoms with E-state index in [0.717, 1.165) is 11.8 Å². The van der Waals surface area contributed by atoms with Crippen LogP contribution in [0.5, 0.6) is 0 Å². The second kappa shape index (κ2) is 9.95. The third-order valence-corrected chi connectivity index (χ3v) is 7.39. The number of benzene rings is 2. The summed E-state index contributed by atoms with van der Waals surface area (Å²) >= 11 is 0. The van der Waals surface area contributed by atoms with Gasteiger partial charge in [-0.05, 0) is 35.8 Å². The Hall–Kier alpha value is -1.20. The Morgan fingerprint density at radius 3 is 2.17 bits per heavy atom. The minimum atomic E-state index is 0. The van der Waals surface area contributed by atoms with Crippen molar-refractivity contribution in [1.82, 2.24) is 0 Å². The van der Waals surface area contributed by atoms with Crippen LogP contribution >= 0.6 is 0 Å². The first-order chi connectivity index (χ1) is 14.3. The molecule has 0 bridgehead atoms. The molecule has 0 N–H and O–H groups in total. The number of fused-ring (bicyclic) bond motifs is 1. The van der Waals surface area contributed by atoms with Crippen LogP contribution in [0.1, 0.15) is 81.3 Å². The maximum Gasteiger partial charge on any atom is 0 e. The monoisotopic (exact) mass is 471 g/mol. The Labute approximate surface area is 201 Å². The molecule has 0 aliphatic heterocycles. The van der Waals surface area contributed by atoms with Gasteiger partial charge in [0, 0.05) is 26.2 Å². The summed E-state index contributed by atoms with van der Waals surface area (Å²) < 4.78 is 0. The average molecular weight is 473 g/mol. The van der Waals surface area contributed by atoms with E-state index in [4.69, 9.17) is 0 Å². The van der Waals surface area contributed by atoms with Crippen LogP contribution in [0.3, 0.4) is 0 Å². The van der Waals surface area contributed by atoms with Crippen molar-refractivity contribution in [2.45, 2.75) is 77.0 Å². The molecular formula is C29H33Zr-. The van der Waals surface area contributed by atoms with E-state index in [1.165, 1.54) is 102 Å². The zero-order valence-electron chi connectivity index (χ0n) is 18.3. The molecule has 0 atom stereocenters. The largest absolute Gasteiger partial charge is 0.145 e. The Kier molecular flexibility index (Phi) is 7.30. The van der Waals surface area contributed by atoms with Gasteiger partial charge in [0.2, 0.25) is 0 Å². The van der Waals surface area contributed by atoms with Crippen LogP contribution in [0.25, 0.3) is 23.3 Å². The van der Waals surface area contributed by atoms with Crippen molar-refractivity contribution in [3.63, 3.8) is 0 Å². The van der Waals surface area contributed by atoms with E-state index in [-0.39, 0.29) is 26.2 Å². The fraction of sp³-hybridized carbons (Fsp3) is 0.448. The Morgan fingerprint density at radius 1 is 0.800 bits per heavy atom. The molecule has 154 valence electrons. The van der Waals surface area contributed by atoms with Crippen LogP contribution in [-0.4, -0.2) is 0 Å². The topological polar surface area (TPSA) is 0 Å². The zero-order chi connectivity index (χ0) is 19.6. The molecule has 0 unspecified atom stereocenters. The van der Waals surface area contributed by atoms with E-state index in [0.29, 0.717) is 0 Å². The van der Waals surface area contributed by atoms with Crippen molar-refractivity contribution < 1.29 is 26.2 Å². The summed E-state index contributed by atoms with van der Waals surface area (Å²) in [6.07, 6.45) is 22.5. The van der Waals surface area contributed by atoms with E-state index in [1.54, 1.807) is 0 Å². The van der Waals surface area contributed by atoms with Gasteiger partial charge in [-0.3, -0.25) is 0 Å². The summed E-state index contributed by atoms with van der Waals surface area (Å²) in [7, 11) is 0. The van der Waals surface area contributed by atoms with Crippen LogP contribution < -0.4 is 10.4 Å². The maximum absolute atomic E-state index is 3.73. The predicted octanol–water partition coefficient (Wildman–Crippen LogP) is 6.67. The van der Waals surface area contributed by atoms with Crippen LogP contribution in [0.4, 0.5) is 0 Å². The molecule has 2 aromatic carbocycles. The first-order valence-electron chi connectivity index (χ1n) is 11.9. The normalized spacial score (nSPS) is 20.9. The third-order valence-electron chi connectivity index (χ3n) is 7.39. The van der Waals surface area contributed by atoms with Crippen LogP contribution in [-0.2, 0) is 26.2 Å². The molecule has 0 radical (unpaired) electrons. The van der Waals surface area contributed by atoms with E-state index < -0.39 is 0 Å². The van der Waals surface area contributed by atoms with Crippen LogP contribution in [0.2, 0.25) is 0 Å². The third kappa shape index (κ3) is 4.67. The van der Waals surface area contributed by atoms with E-state index >= 15 is 0 Å². The average Bonchev–Trinajstić information content (AvgIpc) is 3.20. The molecule has 3 aliphatic rings. The van der Waals surface area contributed by atoms with E-state index in [9.17, 15) is 0 Å². The fourth-order valence-electron chi connectivity index (χ4n) is 5.65. The molecule has 0 heterocycles. The standard InChI is InChI=1S/C29H33.Zr/c1-21-12-17-27(26-15-13-25(14-16-26)24-10-6-3-7-11-24)29-20-23(19-28(21)29)18-22-8-4-2-5-9-22;/h12-18,20,22,24H,2-11H2,1H3;/q-1;. The second-order valence-electron chi connectivity index (χ2n) is 9.47. The fourth-order valence-corrected chi connectivity index (χ4v) is 5.65. The Bertz CT molecular complexity index is 1010. The molecule has 1 heteroatoms. The van der Waals surface area contributed by atoms with Crippen molar-refractivity contribution in [1.29, 1.82) is 0 Å². The van der Waals surface area contributed by atoms with Crippen molar-refractivity contribution in [2.75, 3.05) is 0 Å². The summed E-state index contributed by atoms with van der Waals surface area (Å²) in [6, 6.07) is 14.1. The zero-order valence-corrected chi connectivity index (χ0v) is 20.8. The number of hydrogen-bond donors (Lipinski definition) is 0. The molecule has 0 amide bonds. The van der Waals surface area contributed by atoms with E-state index in [1.807, 2.05) is 0 Å². The summed E-state index contributed by atoms with van der Waals surface area (Å²) in [5.41, 5.74) is 6.89. The van der Waals surface area contributed by atoms with Gasteiger partial charge < -0.3 is 0 Å². The van der Waals surface area contributed by atoms with Gasteiger partial charge >= 0.3 is 0 Å². The molecule has 5 rings (SSSR count). The molecule has 0 saturated heterocycles. The first kappa shape index (κ1) is 22.0. The van der Waals surface area contributed by atoms with Crippen molar-refractivity contribution >= 4 is 12.2 Å². The maximum atomic E-state index is 3.73. The summed E-state index contributed by atoms with van der Waals surface area (Å²) in [5, 5.41) is 2.68. The Morgan fingerprint density at radius 2 is 1.47 bits per heavy atom. The second-order valence-corrected chi connectivity index (χ2v) is 9.47. The number of rotatable bonds is 3. The molecule has 0 aromatic heterocycles. The molecule has 2 aromatic rings. The summed E-state index contributed by atoms with van der Waals surface area (Å²) in [6.45, 7) is 2.22. The van der Waals surface area contributed by atoms with Gasteiger partial charge in [0.1, 0.15) is 0 Å². The number of aryl methyl sites for hydroxylation is 1. The minimum absolute atomic E-state index is 0. The SMILES string of the molecule is Cc1ccc(-c2ccc(C3CCCCC3)cc2)c2c1=[C-]C(=CC1CCCCC1)C=2.[Zr]. The quantitative estimate of drug-likeness (QED) is 0.438. The molecule has 30 heavy (non-hydrogen) atoms. The van der Waals surface area contributed by atoms with Gasteiger partial charge in [-0.2, -0.15) is 0 Å². The van der Waals surface area contributed by atoms with Gasteiger partial charge in [0.15, 0.2) is 0 Å². The Balaban J connectivity index is 0.00000218. The minimum Gasteiger partial charge on any atom is -0.145 e. The van der Waals surface area contributed by atoms with Crippen molar-refractivity contribution in [3.8, 4) is 11.1 Å². The molecule has 2 fully saturated rings. The number of allylic oxidation sites excluding steroid dienone is 2. The van der Waals surface area contributed by atoms with Gasteiger partial charge in [-0.25, -0.2) is 0 Å². The van der Waals surface area contributed by atoms with Crippen molar-refractivity contribution in [3.05, 3.63) is 69.6 Å². The summed E-state index contributed by atoms with van der Waals surface area (Å²) in [5.74, 6) is 1.52. The summed E-state index contributed by atoms with van der Waals surface area (Å²) in [4.78, 5) is 0. The smallest absolute Gasteiger partial charge is 0 e. The molecular weight excluding hydrogens is 440 g/mol. The van der Waals surface area contributed by atoms with Crippen molar-refractivity contribution in [2.24, 2.45) is 5.92 Å². The molecule has 0 nitrogen and oxygen atoms in total. The van der Waals surface area contributed by atoms with Gasteiger partial charge in [-0.15, -0.1) is 39.8 Å². The molecule has 2 saturated carbocycles. The number of hydrogen-bond acceptors (Lipinski definition) is 0. The van der Waals surface area contributed by atoms with E-state index in [2.05, 4.69) is 61.5 Å². The van der Waals surface area contributed by atoms with Gasteiger partial charge in [0.25, 0.3) is 0 Å². The van der Waals surface area contributed by atoms with Gasteiger partial charge in [-0.1, -0.05) is 100 Å². The van der Waals surface area contributed by atoms with Crippen LogP contribution in [0.15, 0.2) is 48.0 Å². The first-order valence-corrected chi connectivity index (χ1v) is 11.9.